The summed E-state index contributed by atoms with van der Waals surface area (Å²) < 4.78 is 2.30. The van der Waals surface area contributed by atoms with Gasteiger partial charge in [-0.3, -0.25) is 0 Å². The van der Waals surface area contributed by atoms with Crippen molar-refractivity contribution in [2.75, 3.05) is 0 Å². The van der Waals surface area contributed by atoms with Crippen molar-refractivity contribution in [1.82, 2.24) is 4.57 Å². The van der Waals surface area contributed by atoms with Crippen molar-refractivity contribution >= 4 is 23.5 Å². The maximum atomic E-state index is 4.43. The number of fused-ring (bicyclic) bond motifs is 1. The number of thiol groups is 1. The SMILES string of the molecule is Cc1c(C)n(-c2ccccc2)c2ccc(S)cc12. The number of para-hydroxylation sites is 1. The molecule has 0 aliphatic rings. The van der Waals surface area contributed by atoms with E-state index in [4.69, 9.17) is 0 Å². The standard InChI is InChI=1S/C16H15NS/c1-11-12(2)17(13-6-4-3-5-7-13)16-9-8-14(18)10-15(11)16/h3-10,18H,1-2H3. The molecule has 1 nitrogen and oxygen atoms in total. The minimum Gasteiger partial charge on any atom is -0.314 e. The Kier molecular flexibility index (Phi) is 2.67. The Hall–Kier alpha value is -1.67. The van der Waals surface area contributed by atoms with E-state index in [1.165, 1.54) is 27.8 Å². The Morgan fingerprint density at radius 3 is 2.39 bits per heavy atom. The molecular formula is C16H15NS. The van der Waals surface area contributed by atoms with Crippen molar-refractivity contribution in [2.24, 2.45) is 0 Å². The van der Waals surface area contributed by atoms with Crippen molar-refractivity contribution in [3.63, 3.8) is 0 Å². The van der Waals surface area contributed by atoms with Crippen molar-refractivity contribution in [3.8, 4) is 5.69 Å². The third kappa shape index (κ3) is 1.65. The summed E-state index contributed by atoms with van der Waals surface area (Å²) in [6.45, 7) is 4.34. The van der Waals surface area contributed by atoms with Crippen LogP contribution in [0.5, 0.6) is 0 Å². The van der Waals surface area contributed by atoms with Crippen molar-refractivity contribution < 1.29 is 0 Å². The number of nitrogens with zero attached hydrogens (tertiary/aromatic N) is 1. The van der Waals surface area contributed by atoms with Crippen LogP contribution in [0.25, 0.3) is 16.6 Å². The maximum Gasteiger partial charge on any atom is 0.0534 e. The molecule has 0 N–H and O–H groups in total. The molecule has 0 atom stereocenters. The van der Waals surface area contributed by atoms with Crippen molar-refractivity contribution in [3.05, 3.63) is 59.8 Å². The molecule has 2 aromatic carbocycles. The lowest BCUT2D eigenvalue weighted by molar-refractivity contribution is 1.04. The molecule has 0 amide bonds. The average molecular weight is 253 g/mol. The summed E-state index contributed by atoms with van der Waals surface area (Å²) in [4.78, 5) is 1.01. The summed E-state index contributed by atoms with van der Waals surface area (Å²) in [5, 5.41) is 1.28. The fourth-order valence-corrected chi connectivity index (χ4v) is 2.68. The summed E-state index contributed by atoms with van der Waals surface area (Å²) in [5.74, 6) is 0. The first kappa shape index (κ1) is 11.4. The first-order valence-electron chi connectivity index (χ1n) is 6.04. The van der Waals surface area contributed by atoms with E-state index < -0.39 is 0 Å². The third-order valence-electron chi connectivity index (χ3n) is 3.52. The largest absolute Gasteiger partial charge is 0.314 e. The van der Waals surface area contributed by atoms with Gasteiger partial charge in [0.25, 0.3) is 0 Å². The topological polar surface area (TPSA) is 4.93 Å². The van der Waals surface area contributed by atoms with Gasteiger partial charge in [-0.1, -0.05) is 18.2 Å². The molecule has 1 aromatic heterocycles. The lowest BCUT2D eigenvalue weighted by atomic mass is 10.1. The zero-order valence-corrected chi connectivity index (χ0v) is 11.4. The molecule has 18 heavy (non-hydrogen) atoms. The summed E-state index contributed by atoms with van der Waals surface area (Å²) >= 11 is 4.43. The lowest BCUT2D eigenvalue weighted by Crippen LogP contribution is -1.95. The Morgan fingerprint density at radius 2 is 1.67 bits per heavy atom. The normalized spacial score (nSPS) is 11.1. The highest BCUT2D eigenvalue weighted by Crippen LogP contribution is 2.29. The van der Waals surface area contributed by atoms with E-state index in [2.05, 4.69) is 67.4 Å². The first-order valence-corrected chi connectivity index (χ1v) is 6.49. The Morgan fingerprint density at radius 1 is 0.944 bits per heavy atom. The van der Waals surface area contributed by atoms with Crippen LogP contribution in [0.15, 0.2) is 53.4 Å². The van der Waals surface area contributed by atoms with Crippen molar-refractivity contribution in [1.29, 1.82) is 0 Å². The molecule has 0 radical (unpaired) electrons. The fraction of sp³-hybridized carbons (Fsp3) is 0.125. The summed E-state index contributed by atoms with van der Waals surface area (Å²) in [5.41, 5.74) is 5.06. The molecule has 0 saturated heterocycles. The van der Waals surface area contributed by atoms with Gasteiger partial charge in [0.2, 0.25) is 0 Å². The minimum atomic E-state index is 1.01. The second kappa shape index (κ2) is 4.21. The van der Waals surface area contributed by atoms with Crippen LogP contribution in [0.1, 0.15) is 11.3 Å². The minimum absolute atomic E-state index is 1.01. The summed E-state index contributed by atoms with van der Waals surface area (Å²) in [6, 6.07) is 16.8. The molecular weight excluding hydrogens is 238 g/mol. The molecule has 90 valence electrons. The molecule has 2 heteroatoms. The predicted octanol–water partition coefficient (Wildman–Crippen LogP) is 4.54. The Bertz CT molecular complexity index is 711. The molecule has 0 aliphatic carbocycles. The highest BCUT2D eigenvalue weighted by atomic mass is 32.1. The number of rotatable bonds is 1. The molecule has 0 aliphatic heterocycles. The van der Waals surface area contributed by atoms with E-state index in [-0.39, 0.29) is 0 Å². The quantitative estimate of drug-likeness (QED) is 0.608. The van der Waals surface area contributed by atoms with Crippen molar-refractivity contribution in [2.45, 2.75) is 18.7 Å². The van der Waals surface area contributed by atoms with Gasteiger partial charge in [0.15, 0.2) is 0 Å². The molecule has 0 saturated carbocycles. The van der Waals surface area contributed by atoms with Crippen LogP contribution in [-0.2, 0) is 0 Å². The van der Waals surface area contributed by atoms with Gasteiger partial charge in [0.1, 0.15) is 0 Å². The third-order valence-corrected chi connectivity index (χ3v) is 3.80. The highest BCUT2D eigenvalue weighted by Gasteiger charge is 2.11. The summed E-state index contributed by atoms with van der Waals surface area (Å²) in [7, 11) is 0. The van der Waals surface area contributed by atoms with Gasteiger partial charge in [0.05, 0.1) is 5.52 Å². The number of benzene rings is 2. The zero-order valence-electron chi connectivity index (χ0n) is 10.5. The van der Waals surface area contributed by atoms with Crippen LogP contribution in [-0.4, -0.2) is 4.57 Å². The van der Waals surface area contributed by atoms with E-state index >= 15 is 0 Å². The van der Waals surface area contributed by atoms with Crippen LogP contribution in [0.4, 0.5) is 0 Å². The molecule has 0 spiro atoms. The van der Waals surface area contributed by atoms with E-state index in [0.29, 0.717) is 0 Å². The zero-order chi connectivity index (χ0) is 12.7. The van der Waals surface area contributed by atoms with Gasteiger partial charge in [-0.25, -0.2) is 0 Å². The van der Waals surface area contributed by atoms with Gasteiger partial charge < -0.3 is 4.57 Å². The number of aromatic nitrogens is 1. The second-order valence-electron chi connectivity index (χ2n) is 4.58. The van der Waals surface area contributed by atoms with Gasteiger partial charge in [0, 0.05) is 21.7 Å². The Labute approximate surface area is 112 Å². The van der Waals surface area contributed by atoms with Crippen LogP contribution in [0, 0.1) is 13.8 Å². The number of aryl methyl sites for hydroxylation is 1. The molecule has 3 rings (SSSR count). The molecule has 0 unspecified atom stereocenters. The monoisotopic (exact) mass is 253 g/mol. The average Bonchev–Trinajstić information content (AvgIpc) is 2.64. The Balaban J connectivity index is 2.40. The summed E-state index contributed by atoms with van der Waals surface area (Å²) in [6.07, 6.45) is 0. The first-order chi connectivity index (χ1) is 8.68. The maximum absolute atomic E-state index is 4.43. The van der Waals surface area contributed by atoms with Gasteiger partial charge >= 0.3 is 0 Å². The smallest absolute Gasteiger partial charge is 0.0534 e. The molecule has 3 aromatic rings. The number of hydrogen-bond acceptors (Lipinski definition) is 1. The van der Waals surface area contributed by atoms with E-state index in [1.54, 1.807) is 0 Å². The van der Waals surface area contributed by atoms with E-state index in [9.17, 15) is 0 Å². The van der Waals surface area contributed by atoms with Gasteiger partial charge in [-0.15, -0.1) is 12.6 Å². The highest BCUT2D eigenvalue weighted by molar-refractivity contribution is 7.80. The lowest BCUT2D eigenvalue weighted by Gasteiger charge is -2.08. The van der Waals surface area contributed by atoms with Gasteiger partial charge in [-0.2, -0.15) is 0 Å². The molecule has 0 fully saturated rings. The molecule has 1 heterocycles. The van der Waals surface area contributed by atoms with Crippen LogP contribution < -0.4 is 0 Å². The van der Waals surface area contributed by atoms with E-state index in [0.717, 1.165) is 4.90 Å². The molecule has 0 bridgehead atoms. The van der Waals surface area contributed by atoms with Crippen LogP contribution >= 0.6 is 12.6 Å². The van der Waals surface area contributed by atoms with Crippen LogP contribution in [0.2, 0.25) is 0 Å². The predicted molar refractivity (Wildman–Crippen MR) is 80.0 cm³/mol. The van der Waals surface area contributed by atoms with Crippen LogP contribution in [0.3, 0.4) is 0 Å². The van der Waals surface area contributed by atoms with E-state index in [1.807, 2.05) is 12.1 Å². The fourth-order valence-electron chi connectivity index (χ4n) is 2.47. The van der Waals surface area contributed by atoms with Gasteiger partial charge in [-0.05, 0) is 49.7 Å². The number of hydrogen-bond donors (Lipinski definition) is 1. The second-order valence-corrected chi connectivity index (χ2v) is 5.10.